The molecule has 3 aromatic rings. The van der Waals surface area contributed by atoms with Crippen molar-refractivity contribution in [1.82, 2.24) is 0 Å². The Balaban J connectivity index is 0.000000226. The van der Waals surface area contributed by atoms with Crippen molar-refractivity contribution in [3.8, 4) is 36.2 Å². The molecule has 0 saturated heterocycles. The van der Waals surface area contributed by atoms with Gasteiger partial charge in [-0.1, -0.05) is 42.2 Å². The summed E-state index contributed by atoms with van der Waals surface area (Å²) in [7, 11) is 0. The third kappa shape index (κ3) is 7.08. The molecule has 9 heteroatoms. The lowest BCUT2D eigenvalue weighted by molar-refractivity contribution is 0.0678. The lowest BCUT2D eigenvalue weighted by atomic mass is 9.75. The van der Waals surface area contributed by atoms with Gasteiger partial charge in [-0.15, -0.1) is 12.8 Å². The molecule has 41 heavy (non-hydrogen) atoms. The molecule has 204 valence electrons. The molecule has 0 amide bonds. The van der Waals surface area contributed by atoms with Gasteiger partial charge < -0.3 is 25.2 Å². The zero-order chi connectivity index (χ0) is 30.2. The average Bonchev–Trinajstić information content (AvgIpc) is 2.97. The quantitative estimate of drug-likeness (QED) is 0.285. The van der Waals surface area contributed by atoms with Crippen molar-refractivity contribution in [3.05, 3.63) is 118 Å². The van der Waals surface area contributed by atoms with Crippen LogP contribution in [-0.4, -0.2) is 44.3 Å². The van der Waals surface area contributed by atoms with Crippen LogP contribution in [0.15, 0.2) is 85.0 Å². The smallest absolute Gasteiger partial charge is 0.339 e. The molecule has 0 fully saturated rings. The van der Waals surface area contributed by atoms with Crippen molar-refractivity contribution in [3.63, 3.8) is 0 Å². The largest absolute Gasteiger partial charge is 0.478 e. The molecule has 0 radical (unpaired) electrons. The van der Waals surface area contributed by atoms with Crippen LogP contribution in [0, 0.1) is 24.7 Å². The van der Waals surface area contributed by atoms with Crippen molar-refractivity contribution in [1.29, 1.82) is 0 Å². The van der Waals surface area contributed by atoms with E-state index in [0.29, 0.717) is 23.3 Å². The fourth-order valence-electron chi connectivity index (χ4n) is 3.85. The zero-order valence-electron chi connectivity index (χ0n) is 21.3. The molecule has 0 saturated carbocycles. The van der Waals surface area contributed by atoms with Crippen molar-refractivity contribution < 1.29 is 44.3 Å². The highest BCUT2D eigenvalue weighted by molar-refractivity contribution is 5.95. The number of carboxylic acid groups (broad SMARTS) is 4. The molecule has 0 spiro atoms. The number of carbonyl (C=O) groups is 4. The topological polar surface area (TPSA) is 158 Å². The highest BCUT2D eigenvalue weighted by atomic mass is 16.5. The van der Waals surface area contributed by atoms with E-state index < -0.39 is 29.3 Å². The van der Waals surface area contributed by atoms with Crippen molar-refractivity contribution in [2.24, 2.45) is 0 Å². The van der Waals surface area contributed by atoms with Gasteiger partial charge in [0.15, 0.2) is 0 Å². The molecule has 0 bridgehead atoms. The maximum Gasteiger partial charge on any atom is 0.339 e. The Morgan fingerprint density at radius 1 is 0.756 bits per heavy atom. The zero-order valence-corrected chi connectivity index (χ0v) is 21.3. The molecule has 3 aromatic carbocycles. The van der Waals surface area contributed by atoms with E-state index >= 15 is 0 Å². The first-order valence-corrected chi connectivity index (χ1v) is 11.8. The molecule has 4 rings (SSSR count). The molecule has 1 aliphatic carbocycles. The van der Waals surface area contributed by atoms with E-state index in [1.807, 2.05) is 12.2 Å². The highest BCUT2D eigenvalue weighted by Gasteiger charge is 2.29. The van der Waals surface area contributed by atoms with Gasteiger partial charge in [0.05, 0.1) is 22.1 Å². The van der Waals surface area contributed by atoms with Gasteiger partial charge in [-0.2, -0.15) is 0 Å². The molecule has 1 atom stereocenters. The van der Waals surface area contributed by atoms with Gasteiger partial charge in [0.25, 0.3) is 0 Å². The third-order valence-corrected chi connectivity index (χ3v) is 5.95. The van der Waals surface area contributed by atoms with Gasteiger partial charge in [-0.05, 0) is 66.6 Å². The molecular weight excluding hydrogens is 528 g/mol. The summed E-state index contributed by atoms with van der Waals surface area (Å²) in [6.45, 7) is 0. The summed E-state index contributed by atoms with van der Waals surface area (Å²) >= 11 is 0. The maximum absolute atomic E-state index is 11.2. The van der Waals surface area contributed by atoms with Crippen molar-refractivity contribution in [2.75, 3.05) is 0 Å². The minimum atomic E-state index is -1.21. The van der Waals surface area contributed by atoms with Crippen LogP contribution in [0.25, 0.3) is 0 Å². The van der Waals surface area contributed by atoms with Gasteiger partial charge in [0.1, 0.15) is 17.1 Å². The van der Waals surface area contributed by atoms with Gasteiger partial charge in [-0.3, -0.25) is 0 Å². The summed E-state index contributed by atoms with van der Waals surface area (Å²) in [5.74, 6) is 0.590. The number of allylic oxidation sites excluding steroid dienone is 4. The summed E-state index contributed by atoms with van der Waals surface area (Å²) in [5, 5.41) is 36.3. The van der Waals surface area contributed by atoms with Gasteiger partial charge >= 0.3 is 23.9 Å². The first kappa shape index (κ1) is 29.5. The maximum atomic E-state index is 11.2. The Hall–Kier alpha value is -6.06. The second kappa shape index (κ2) is 12.7. The SMILES string of the molecule is C#CC1(c2cc(C(=O)O)cc(C(=O)O)c2)C=CC=CC1.C#Cc1cccc(Oc2cc(C(=O)O)ccc2C(=O)O)c1. The normalized spacial score (nSPS) is 14.9. The minimum absolute atomic E-state index is 0.0587. The van der Waals surface area contributed by atoms with Crippen LogP contribution in [0.4, 0.5) is 0 Å². The van der Waals surface area contributed by atoms with E-state index in [0.717, 1.165) is 12.1 Å². The fourth-order valence-corrected chi connectivity index (χ4v) is 3.85. The second-order valence-electron chi connectivity index (χ2n) is 8.61. The van der Waals surface area contributed by atoms with E-state index in [9.17, 15) is 19.2 Å². The molecule has 0 heterocycles. The molecule has 1 unspecified atom stereocenters. The van der Waals surface area contributed by atoms with Crippen molar-refractivity contribution >= 4 is 23.9 Å². The highest BCUT2D eigenvalue weighted by Crippen LogP contribution is 2.33. The molecule has 0 aliphatic heterocycles. The van der Waals surface area contributed by atoms with E-state index in [4.69, 9.17) is 38.0 Å². The number of aromatic carboxylic acids is 4. The molecule has 1 aliphatic rings. The Morgan fingerprint density at radius 2 is 1.41 bits per heavy atom. The summed E-state index contributed by atoms with van der Waals surface area (Å²) in [4.78, 5) is 44.4. The Labute approximate surface area is 234 Å². The monoisotopic (exact) mass is 550 g/mol. The number of hydrogen-bond donors (Lipinski definition) is 4. The summed E-state index contributed by atoms with van der Waals surface area (Å²) in [6, 6.07) is 14.0. The molecular formula is C32H22O9. The number of terminal acetylenes is 2. The summed E-state index contributed by atoms with van der Waals surface area (Å²) in [5.41, 5.74) is -0.106. The second-order valence-corrected chi connectivity index (χ2v) is 8.61. The van der Waals surface area contributed by atoms with Crippen molar-refractivity contribution in [2.45, 2.75) is 11.8 Å². The van der Waals surface area contributed by atoms with Crippen LogP contribution in [-0.2, 0) is 5.41 Å². The fraction of sp³-hybridized carbons (Fsp3) is 0.0625. The van der Waals surface area contributed by atoms with E-state index in [1.54, 1.807) is 36.4 Å². The lowest BCUT2D eigenvalue weighted by Gasteiger charge is -2.26. The van der Waals surface area contributed by atoms with E-state index in [1.165, 1.54) is 24.3 Å². The predicted octanol–water partition coefficient (Wildman–Crippen LogP) is 5.33. The van der Waals surface area contributed by atoms with E-state index in [2.05, 4.69) is 11.8 Å². The Bertz CT molecular complexity index is 1650. The van der Waals surface area contributed by atoms with Crippen LogP contribution < -0.4 is 4.74 Å². The lowest BCUT2D eigenvalue weighted by Crippen LogP contribution is -2.23. The first-order chi connectivity index (χ1) is 19.5. The number of rotatable bonds is 7. The number of carboxylic acids is 4. The summed E-state index contributed by atoms with van der Waals surface area (Å²) < 4.78 is 5.46. The van der Waals surface area contributed by atoms with Gasteiger partial charge in [-0.25, -0.2) is 19.2 Å². The number of hydrogen-bond acceptors (Lipinski definition) is 5. The van der Waals surface area contributed by atoms with Crippen LogP contribution in [0.2, 0.25) is 0 Å². The van der Waals surface area contributed by atoms with Crippen LogP contribution in [0.1, 0.15) is 59.0 Å². The Morgan fingerprint density at radius 3 is 1.93 bits per heavy atom. The average molecular weight is 551 g/mol. The standard InChI is InChI=1S/C16H10O5.C16H12O4/c1-2-10-4-3-5-12(8-10)21-14-9-11(15(17)18)6-7-13(14)16(19)20;1-2-16(6-4-3-5-7-16)13-9-11(14(17)18)8-12(10-13)15(19)20/h1,3-9H,(H,17,18)(H,19,20);1,3-6,8-10H,7H2,(H,17,18)(H,19,20). The summed E-state index contributed by atoms with van der Waals surface area (Å²) in [6.07, 6.45) is 18.6. The predicted molar refractivity (Wildman–Crippen MR) is 149 cm³/mol. The van der Waals surface area contributed by atoms with Crippen LogP contribution in [0.5, 0.6) is 11.5 Å². The van der Waals surface area contributed by atoms with Gasteiger partial charge in [0, 0.05) is 5.56 Å². The molecule has 4 N–H and O–H groups in total. The molecule has 0 aromatic heterocycles. The minimum Gasteiger partial charge on any atom is -0.478 e. The van der Waals surface area contributed by atoms with E-state index in [-0.39, 0.29) is 28.0 Å². The van der Waals surface area contributed by atoms with Crippen LogP contribution >= 0.6 is 0 Å². The molecule has 9 nitrogen and oxygen atoms in total. The van der Waals surface area contributed by atoms with Crippen LogP contribution in [0.3, 0.4) is 0 Å². The number of ether oxygens (including phenoxy) is 1. The third-order valence-electron chi connectivity index (χ3n) is 5.95. The first-order valence-electron chi connectivity index (χ1n) is 11.8. The number of benzene rings is 3. The van der Waals surface area contributed by atoms with Gasteiger partial charge in [0.2, 0.25) is 0 Å². The Kier molecular flexibility index (Phi) is 9.11.